The molecule has 1 atom stereocenters. The summed E-state index contributed by atoms with van der Waals surface area (Å²) >= 11 is 0. The Hall–Kier alpha value is -0.790. The third kappa shape index (κ3) is 2.37. The minimum Gasteiger partial charge on any atom is -0.334 e. The number of rotatable bonds is 2. The van der Waals surface area contributed by atoms with Gasteiger partial charge in [-0.3, -0.25) is 0 Å². The quantitative estimate of drug-likeness (QED) is 0.705. The monoisotopic (exact) mass is 194 g/mol. The van der Waals surface area contributed by atoms with Crippen molar-refractivity contribution < 1.29 is 0 Å². The summed E-state index contributed by atoms with van der Waals surface area (Å²) in [4.78, 5) is 4.45. The average molecular weight is 194 g/mol. The van der Waals surface area contributed by atoms with Crippen LogP contribution >= 0.6 is 0 Å². The molecule has 2 nitrogen and oxygen atoms in total. The maximum atomic E-state index is 4.45. The Morgan fingerprint density at radius 2 is 1.79 bits per heavy atom. The van der Waals surface area contributed by atoms with Crippen LogP contribution in [0.15, 0.2) is 12.5 Å². The standard InChI is InChI=1S/C12H22N2/c1-9(2)10(3)14-7-11(13-8-14)12(4,5)6/h7-10H,1-6H3. The molecular weight excluding hydrogens is 172 g/mol. The van der Waals surface area contributed by atoms with Crippen molar-refractivity contribution in [3.8, 4) is 0 Å². The summed E-state index contributed by atoms with van der Waals surface area (Å²) in [6.07, 6.45) is 4.12. The number of hydrogen-bond acceptors (Lipinski definition) is 1. The van der Waals surface area contributed by atoms with Gasteiger partial charge in [0.15, 0.2) is 0 Å². The highest BCUT2D eigenvalue weighted by atomic mass is 15.1. The first-order valence-electron chi connectivity index (χ1n) is 5.36. The van der Waals surface area contributed by atoms with E-state index >= 15 is 0 Å². The van der Waals surface area contributed by atoms with E-state index in [2.05, 4.69) is 57.3 Å². The van der Waals surface area contributed by atoms with Gasteiger partial charge in [0.25, 0.3) is 0 Å². The van der Waals surface area contributed by atoms with Gasteiger partial charge in [-0.1, -0.05) is 34.6 Å². The zero-order chi connectivity index (χ0) is 10.9. The Balaban J connectivity index is 2.89. The van der Waals surface area contributed by atoms with Gasteiger partial charge in [0.2, 0.25) is 0 Å². The SMILES string of the molecule is CC(C)C(C)n1cnc(C(C)(C)C)c1. The molecule has 1 heterocycles. The van der Waals surface area contributed by atoms with Crippen molar-refractivity contribution in [2.75, 3.05) is 0 Å². The van der Waals surface area contributed by atoms with E-state index in [-0.39, 0.29) is 5.41 Å². The van der Waals surface area contributed by atoms with E-state index in [0.29, 0.717) is 12.0 Å². The van der Waals surface area contributed by atoms with Gasteiger partial charge in [0, 0.05) is 17.7 Å². The van der Waals surface area contributed by atoms with E-state index in [1.807, 2.05) is 6.33 Å². The van der Waals surface area contributed by atoms with Crippen LogP contribution in [-0.2, 0) is 5.41 Å². The summed E-state index contributed by atoms with van der Waals surface area (Å²) in [5.74, 6) is 0.650. The van der Waals surface area contributed by atoms with Crippen LogP contribution in [0.4, 0.5) is 0 Å². The summed E-state index contributed by atoms with van der Waals surface area (Å²) in [7, 11) is 0. The highest BCUT2D eigenvalue weighted by molar-refractivity contribution is 5.09. The molecule has 0 spiro atoms. The van der Waals surface area contributed by atoms with Crippen molar-refractivity contribution in [2.45, 2.75) is 53.0 Å². The number of hydrogen-bond donors (Lipinski definition) is 0. The van der Waals surface area contributed by atoms with Crippen LogP contribution < -0.4 is 0 Å². The van der Waals surface area contributed by atoms with Crippen molar-refractivity contribution in [2.24, 2.45) is 5.92 Å². The number of nitrogens with zero attached hydrogens (tertiary/aromatic N) is 2. The molecule has 0 N–H and O–H groups in total. The third-order valence-corrected chi connectivity index (χ3v) is 2.81. The van der Waals surface area contributed by atoms with Gasteiger partial charge in [0.05, 0.1) is 12.0 Å². The van der Waals surface area contributed by atoms with Crippen LogP contribution in [0.25, 0.3) is 0 Å². The van der Waals surface area contributed by atoms with Crippen LogP contribution in [0.2, 0.25) is 0 Å². The van der Waals surface area contributed by atoms with Gasteiger partial charge >= 0.3 is 0 Å². The lowest BCUT2D eigenvalue weighted by Gasteiger charge is -2.18. The van der Waals surface area contributed by atoms with Gasteiger partial charge in [-0.15, -0.1) is 0 Å². The van der Waals surface area contributed by atoms with Gasteiger partial charge in [-0.25, -0.2) is 4.98 Å². The molecule has 0 saturated carbocycles. The zero-order valence-corrected chi connectivity index (χ0v) is 10.2. The largest absolute Gasteiger partial charge is 0.334 e. The Kier molecular flexibility index (Phi) is 3.03. The molecule has 0 radical (unpaired) electrons. The Bertz CT molecular complexity index is 292. The van der Waals surface area contributed by atoms with Gasteiger partial charge < -0.3 is 4.57 Å². The maximum Gasteiger partial charge on any atom is 0.0952 e. The zero-order valence-electron chi connectivity index (χ0n) is 10.2. The van der Waals surface area contributed by atoms with Gasteiger partial charge in [-0.05, 0) is 12.8 Å². The lowest BCUT2D eigenvalue weighted by molar-refractivity contribution is 0.406. The molecule has 0 amide bonds. The molecule has 80 valence electrons. The second-order valence-electron chi connectivity index (χ2n) is 5.44. The topological polar surface area (TPSA) is 17.8 Å². The summed E-state index contributed by atoms with van der Waals surface area (Å²) < 4.78 is 2.21. The van der Waals surface area contributed by atoms with E-state index in [1.54, 1.807) is 0 Å². The third-order valence-electron chi connectivity index (χ3n) is 2.81. The summed E-state index contributed by atoms with van der Waals surface area (Å²) in [5, 5.41) is 0. The fourth-order valence-corrected chi connectivity index (χ4v) is 1.29. The van der Waals surface area contributed by atoms with Crippen LogP contribution in [0.1, 0.15) is 53.3 Å². The molecule has 1 aromatic rings. The molecule has 0 aliphatic heterocycles. The predicted molar refractivity (Wildman–Crippen MR) is 60.5 cm³/mol. The highest BCUT2D eigenvalue weighted by Crippen LogP contribution is 2.23. The van der Waals surface area contributed by atoms with E-state index in [1.165, 1.54) is 5.69 Å². The first kappa shape index (κ1) is 11.3. The molecule has 1 rings (SSSR count). The van der Waals surface area contributed by atoms with Crippen LogP contribution in [0, 0.1) is 5.92 Å². The van der Waals surface area contributed by atoms with Crippen LogP contribution in [-0.4, -0.2) is 9.55 Å². The first-order chi connectivity index (χ1) is 6.32. The van der Waals surface area contributed by atoms with Crippen LogP contribution in [0.3, 0.4) is 0 Å². The molecule has 0 aliphatic rings. The average Bonchev–Trinajstić information content (AvgIpc) is 2.49. The first-order valence-corrected chi connectivity index (χ1v) is 5.36. The minimum atomic E-state index is 0.155. The van der Waals surface area contributed by atoms with Crippen LogP contribution in [0.5, 0.6) is 0 Å². The normalized spacial score (nSPS) is 14.8. The Morgan fingerprint density at radius 1 is 1.21 bits per heavy atom. The molecule has 1 unspecified atom stereocenters. The second-order valence-corrected chi connectivity index (χ2v) is 5.44. The van der Waals surface area contributed by atoms with E-state index < -0.39 is 0 Å². The molecule has 14 heavy (non-hydrogen) atoms. The molecule has 0 bridgehead atoms. The fourth-order valence-electron chi connectivity index (χ4n) is 1.29. The lowest BCUT2D eigenvalue weighted by atomic mass is 9.93. The van der Waals surface area contributed by atoms with Gasteiger partial charge in [-0.2, -0.15) is 0 Å². The fraction of sp³-hybridized carbons (Fsp3) is 0.750. The van der Waals surface area contributed by atoms with E-state index in [4.69, 9.17) is 0 Å². The maximum absolute atomic E-state index is 4.45. The van der Waals surface area contributed by atoms with Crippen molar-refractivity contribution in [3.05, 3.63) is 18.2 Å². The van der Waals surface area contributed by atoms with Gasteiger partial charge in [0.1, 0.15) is 0 Å². The molecule has 0 aromatic carbocycles. The number of imidazole rings is 1. The number of aromatic nitrogens is 2. The Labute approximate surface area is 87.4 Å². The molecule has 0 saturated heterocycles. The summed E-state index contributed by atoms with van der Waals surface area (Å²) in [5.41, 5.74) is 1.33. The Morgan fingerprint density at radius 3 is 2.14 bits per heavy atom. The van der Waals surface area contributed by atoms with Crippen molar-refractivity contribution in [1.82, 2.24) is 9.55 Å². The van der Waals surface area contributed by atoms with Crippen molar-refractivity contribution >= 4 is 0 Å². The smallest absolute Gasteiger partial charge is 0.0952 e. The molecule has 0 aliphatic carbocycles. The summed E-state index contributed by atoms with van der Waals surface area (Å²) in [6, 6.07) is 0.526. The minimum absolute atomic E-state index is 0.155. The second kappa shape index (κ2) is 3.76. The molecule has 2 heteroatoms. The van der Waals surface area contributed by atoms with Crippen molar-refractivity contribution in [3.63, 3.8) is 0 Å². The molecule has 0 fully saturated rings. The van der Waals surface area contributed by atoms with E-state index in [0.717, 1.165) is 0 Å². The lowest BCUT2D eigenvalue weighted by Crippen LogP contribution is -2.12. The summed E-state index contributed by atoms with van der Waals surface area (Å²) in [6.45, 7) is 13.3. The highest BCUT2D eigenvalue weighted by Gasteiger charge is 2.18. The predicted octanol–water partition coefficient (Wildman–Crippen LogP) is 3.40. The van der Waals surface area contributed by atoms with Crippen molar-refractivity contribution in [1.29, 1.82) is 0 Å². The van der Waals surface area contributed by atoms with E-state index in [9.17, 15) is 0 Å². The molecule has 1 aromatic heterocycles. The molecular formula is C12H22N2.